The average molecular weight is 258 g/mol. The summed E-state index contributed by atoms with van der Waals surface area (Å²) in [5, 5.41) is 11.5. The zero-order chi connectivity index (χ0) is 12.8. The average Bonchev–Trinajstić information content (AvgIpc) is 2.70. The molecule has 0 aliphatic heterocycles. The predicted molar refractivity (Wildman–Crippen MR) is 67.8 cm³/mol. The molecule has 0 aromatic heterocycles. The maximum atomic E-state index is 11.8. The molecule has 0 saturated carbocycles. The standard InChI is InChI=1S/C11H18N2O3S/c1-17-5-4-9(11(15)16)13-10(14)7-2-3-8(12)6-7/h2-3,7-9H,4-6,12H2,1H3,(H,13,14)(H,15,16)/t7?,8?,9-/m0/s1. The normalized spacial score (nSPS) is 24.6. The number of carbonyl (C=O) groups excluding carboxylic acids is 1. The summed E-state index contributed by atoms with van der Waals surface area (Å²) in [5.74, 6) is -0.820. The molecular formula is C11H18N2O3S. The SMILES string of the molecule is CSCC[C@H](NC(=O)C1C=CC(N)C1)C(=O)O. The lowest BCUT2D eigenvalue weighted by Crippen LogP contribution is -2.43. The first kappa shape index (κ1) is 14.1. The highest BCUT2D eigenvalue weighted by atomic mass is 32.2. The molecular weight excluding hydrogens is 240 g/mol. The van der Waals surface area contributed by atoms with Crippen LogP contribution < -0.4 is 11.1 Å². The van der Waals surface area contributed by atoms with E-state index in [0.717, 1.165) is 0 Å². The summed E-state index contributed by atoms with van der Waals surface area (Å²) in [5.41, 5.74) is 5.65. The molecule has 96 valence electrons. The first-order chi connectivity index (χ1) is 8.04. The van der Waals surface area contributed by atoms with Gasteiger partial charge < -0.3 is 16.2 Å². The van der Waals surface area contributed by atoms with E-state index in [9.17, 15) is 9.59 Å². The van der Waals surface area contributed by atoms with Crippen LogP contribution in [0, 0.1) is 5.92 Å². The van der Waals surface area contributed by atoms with Gasteiger partial charge in [0.2, 0.25) is 5.91 Å². The number of nitrogens with two attached hydrogens (primary N) is 1. The maximum absolute atomic E-state index is 11.8. The smallest absolute Gasteiger partial charge is 0.326 e. The first-order valence-corrected chi connectivity index (χ1v) is 6.90. The number of rotatable bonds is 6. The van der Waals surface area contributed by atoms with Crippen LogP contribution in [0.4, 0.5) is 0 Å². The van der Waals surface area contributed by atoms with Gasteiger partial charge in [-0.1, -0.05) is 12.2 Å². The summed E-state index contributed by atoms with van der Waals surface area (Å²) in [6.45, 7) is 0. The quantitative estimate of drug-likeness (QED) is 0.592. The van der Waals surface area contributed by atoms with E-state index >= 15 is 0 Å². The Morgan fingerprint density at radius 1 is 1.59 bits per heavy atom. The van der Waals surface area contributed by atoms with Gasteiger partial charge in [-0.05, 0) is 24.9 Å². The fourth-order valence-electron chi connectivity index (χ4n) is 1.69. The number of thioether (sulfide) groups is 1. The molecule has 3 atom stereocenters. The van der Waals surface area contributed by atoms with Crippen molar-refractivity contribution in [2.75, 3.05) is 12.0 Å². The summed E-state index contributed by atoms with van der Waals surface area (Å²) in [6.07, 6.45) is 6.42. The Kier molecular flexibility index (Phi) is 5.50. The fourth-order valence-corrected chi connectivity index (χ4v) is 2.16. The van der Waals surface area contributed by atoms with Crippen molar-refractivity contribution in [3.8, 4) is 0 Å². The molecule has 1 aliphatic rings. The Hall–Kier alpha value is -1.01. The number of nitrogens with one attached hydrogen (secondary N) is 1. The number of carbonyl (C=O) groups is 2. The zero-order valence-corrected chi connectivity index (χ0v) is 10.6. The molecule has 2 unspecified atom stereocenters. The van der Waals surface area contributed by atoms with Crippen molar-refractivity contribution in [3.05, 3.63) is 12.2 Å². The van der Waals surface area contributed by atoms with Gasteiger partial charge in [0, 0.05) is 6.04 Å². The third-order valence-corrected chi connectivity index (χ3v) is 3.32. The van der Waals surface area contributed by atoms with Crippen molar-refractivity contribution >= 4 is 23.6 Å². The molecule has 0 bridgehead atoms. The second-order valence-electron chi connectivity index (χ2n) is 4.07. The van der Waals surface area contributed by atoms with Gasteiger partial charge in [-0.2, -0.15) is 11.8 Å². The van der Waals surface area contributed by atoms with Gasteiger partial charge in [-0.3, -0.25) is 4.79 Å². The van der Waals surface area contributed by atoms with Crippen LogP contribution in [-0.2, 0) is 9.59 Å². The van der Waals surface area contributed by atoms with E-state index in [-0.39, 0.29) is 17.9 Å². The first-order valence-electron chi connectivity index (χ1n) is 5.50. The van der Waals surface area contributed by atoms with Gasteiger partial charge in [0.05, 0.1) is 5.92 Å². The lowest BCUT2D eigenvalue weighted by molar-refractivity contribution is -0.142. The topological polar surface area (TPSA) is 92.4 Å². The minimum absolute atomic E-state index is 0.0970. The molecule has 1 rings (SSSR count). The summed E-state index contributed by atoms with van der Waals surface area (Å²) in [7, 11) is 0. The molecule has 1 amide bonds. The van der Waals surface area contributed by atoms with Crippen LogP contribution >= 0.6 is 11.8 Å². The van der Waals surface area contributed by atoms with Gasteiger partial charge >= 0.3 is 5.97 Å². The van der Waals surface area contributed by atoms with Crippen LogP contribution in [0.1, 0.15) is 12.8 Å². The molecule has 0 saturated heterocycles. The number of hydrogen-bond acceptors (Lipinski definition) is 4. The Bertz CT molecular complexity index is 320. The number of amides is 1. The van der Waals surface area contributed by atoms with Gasteiger partial charge in [-0.25, -0.2) is 4.79 Å². The third kappa shape index (κ3) is 4.40. The van der Waals surface area contributed by atoms with Crippen molar-refractivity contribution in [1.29, 1.82) is 0 Å². The second kappa shape index (κ2) is 6.66. The molecule has 0 heterocycles. The Balaban J connectivity index is 2.46. The van der Waals surface area contributed by atoms with E-state index in [1.54, 1.807) is 23.9 Å². The summed E-state index contributed by atoms with van der Waals surface area (Å²) >= 11 is 1.56. The lowest BCUT2D eigenvalue weighted by Gasteiger charge is -2.16. The molecule has 4 N–H and O–H groups in total. The van der Waals surface area contributed by atoms with Gasteiger partial charge in [0.15, 0.2) is 0 Å². The highest BCUT2D eigenvalue weighted by Crippen LogP contribution is 2.16. The molecule has 0 aromatic carbocycles. The third-order valence-electron chi connectivity index (χ3n) is 2.68. The molecule has 5 nitrogen and oxygen atoms in total. The van der Waals surface area contributed by atoms with Crippen molar-refractivity contribution in [2.45, 2.75) is 24.9 Å². The maximum Gasteiger partial charge on any atom is 0.326 e. The largest absolute Gasteiger partial charge is 0.480 e. The van der Waals surface area contributed by atoms with Crippen molar-refractivity contribution in [2.24, 2.45) is 11.7 Å². The van der Waals surface area contributed by atoms with Gasteiger partial charge in [0.25, 0.3) is 0 Å². The molecule has 1 aliphatic carbocycles. The van der Waals surface area contributed by atoms with E-state index in [1.165, 1.54) is 0 Å². The molecule has 0 aromatic rings. The van der Waals surface area contributed by atoms with Gasteiger partial charge in [-0.15, -0.1) is 0 Å². The Morgan fingerprint density at radius 3 is 2.76 bits per heavy atom. The zero-order valence-electron chi connectivity index (χ0n) is 9.76. The van der Waals surface area contributed by atoms with Crippen LogP contribution in [0.25, 0.3) is 0 Å². The minimum Gasteiger partial charge on any atom is -0.480 e. The van der Waals surface area contributed by atoms with Crippen molar-refractivity contribution in [3.63, 3.8) is 0 Å². The monoisotopic (exact) mass is 258 g/mol. The van der Waals surface area contributed by atoms with E-state index in [0.29, 0.717) is 18.6 Å². The van der Waals surface area contributed by atoms with Crippen LogP contribution in [-0.4, -0.2) is 41.1 Å². The lowest BCUT2D eigenvalue weighted by atomic mass is 10.1. The van der Waals surface area contributed by atoms with E-state index < -0.39 is 12.0 Å². The minimum atomic E-state index is -0.987. The van der Waals surface area contributed by atoms with Crippen LogP contribution in [0.2, 0.25) is 0 Å². The molecule has 0 fully saturated rings. The molecule has 17 heavy (non-hydrogen) atoms. The van der Waals surface area contributed by atoms with Crippen LogP contribution in [0.3, 0.4) is 0 Å². The van der Waals surface area contributed by atoms with Crippen molar-refractivity contribution in [1.82, 2.24) is 5.32 Å². The van der Waals surface area contributed by atoms with E-state index in [4.69, 9.17) is 10.8 Å². The van der Waals surface area contributed by atoms with E-state index in [2.05, 4.69) is 5.32 Å². The highest BCUT2D eigenvalue weighted by molar-refractivity contribution is 7.98. The molecule has 6 heteroatoms. The Morgan fingerprint density at radius 2 is 2.29 bits per heavy atom. The second-order valence-corrected chi connectivity index (χ2v) is 5.06. The summed E-state index contributed by atoms with van der Waals surface area (Å²) in [4.78, 5) is 22.7. The van der Waals surface area contributed by atoms with Crippen LogP contribution in [0.5, 0.6) is 0 Å². The molecule has 0 radical (unpaired) electrons. The summed E-state index contributed by atoms with van der Waals surface area (Å²) in [6, 6.07) is -0.902. The number of hydrogen-bond donors (Lipinski definition) is 3. The van der Waals surface area contributed by atoms with Crippen molar-refractivity contribution < 1.29 is 14.7 Å². The fraction of sp³-hybridized carbons (Fsp3) is 0.636. The van der Waals surface area contributed by atoms with E-state index in [1.807, 2.05) is 6.26 Å². The van der Waals surface area contributed by atoms with Gasteiger partial charge in [0.1, 0.15) is 6.04 Å². The predicted octanol–water partition coefficient (Wildman–Crippen LogP) is 0.212. The number of carboxylic acids is 1. The van der Waals surface area contributed by atoms with Crippen LogP contribution in [0.15, 0.2) is 12.2 Å². The summed E-state index contributed by atoms with van der Waals surface area (Å²) < 4.78 is 0. The number of carboxylic acid groups (broad SMARTS) is 1. The Labute approximate surface area is 105 Å². The highest BCUT2D eigenvalue weighted by Gasteiger charge is 2.26. The number of aliphatic carboxylic acids is 1. The molecule has 0 spiro atoms.